The lowest BCUT2D eigenvalue weighted by atomic mass is 9.86. The summed E-state index contributed by atoms with van der Waals surface area (Å²) < 4.78 is 181. The van der Waals surface area contributed by atoms with E-state index in [2.05, 4.69) is 6.07 Å². The van der Waals surface area contributed by atoms with Crippen LogP contribution in [0.15, 0.2) is 122 Å². The van der Waals surface area contributed by atoms with Crippen molar-refractivity contribution in [2.24, 2.45) is 44.9 Å². The summed E-state index contributed by atoms with van der Waals surface area (Å²) >= 11 is 0. The normalized spacial score (nSPS) is 16.9. The van der Waals surface area contributed by atoms with Gasteiger partial charge in [0.05, 0.1) is 0 Å². The second-order valence-corrected chi connectivity index (χ2v) is 24.4. The van der Waals surface area contributed by atoms with Crippen molar-refractivity contribution in [3.05, 3.63) is 211 Å². The van der Waals surface area contributed by atoms with Crippen LogP contribution < -0.4 is 18.3 Å². The Labute approximate surface area is 525 Å². The van der Waals surface area contributed by atoms with Gasteiger partial charge in [-0.2, -0.15) is 0 Å². The molecule has 0 unspecified atom stereocenters. The molecule has 0 atom stereocenters. The Balaban J connectivity index is 0.000000248. The lowest BCUT2D eigenvalue weighted by molar-refractivity contribution is -0.661. The highest BCUT2D eigenvalue weighted by Gasteiger charge is 2.23. The Bertz CT molecular complexity index is 4390. The third-order valence-corrected chi connectivity index (χ3v) is 13.7. The van der Waals surface area contributed by atoms with Crippen LogP contribution in [0.25, 0.3) is 45.0 Å². The van der Waals surface area contributed by atoms with E-state index in [4.69, 9.17) is 30.2 Å². The third-order valence-electron chi connectivity index (χ3n) is 13.7. The number of hydrogen-bond acceptors (Lipinski definition) is 0. The summed E-state index contributed by atoms with van der Waals surface area (Å²) in [6.45, 7) is 20.8. The van der Waals surface area contributed by atoms with E-state index in [0.29, 0.717) is 33.5 Å². The number of rotatable bonds is 9. The largest absolute Gasteiger partial charge is 0.212 e. The van der Waals surface area contributed by atoms with E-state index < -0.39 is 70.1 Å². The van der Waals surface area contributed by atoms with Crippen molar-refractivity contribution in [3.8, 4) is 45.0 Å². The molecule has 0 fully saturated rings. The van der Waals surface area contributed by atoms with E-state index in [0.717, 1.165) is 83.8 Å². The summed E-state index contributed by atoms with van der Waals surface area (Å²) in [6, 6.07) is 28.1. The molecule has 8 rings (SSSR count). The maximum Gasteiger partial charge on any atom is 0.212 e. The summed E-state index contributed by atoms with van der Waals surface area (Å²) in [5, 5.41) is 0. The molecule has 0 radical (unpaired) electrons. The number of benzene rings is 4. The van der Waals surface area contributed by atoms with Gasteiger partial charge in [-0.15, -0.1) is 0 Å². The third kappa shape index (κ3) is 18.2. The molecule has 0 aliphatic carbocycles. The molecule has 0 saturated heterocycles. The van der Waals surface area contributed by atoms with E-state index in [9.17, 15) is 0 Å². The van der Waals surface area contributed by atoms with Crippen LogP contribution in [0, 0.1) is 99.5 Å². The summed E-state index contributed by atoms with van der Waals surface area (Å²) in [5.41, 5.74) is 15.8. The van der Waals surface area contributed by atoms with Crippen molar-refractivity contribution in [1.82, 2.24) is 0 Å². The molecule has 0 saturated carbocycles. The van der Waals surface area contributed by atoms with Crippen LogP contribution in [0.4, 0.5) is 0 Å². The topological polar surface area (TPSA) is 15.5 Å². The highest BCUT2D eigenvalue weighted by Crippen LogP contribution is 2.30. The molecule has 0 amide bonds. The monoisotopic (exact) mass is 1110 g/mol. The smallest absolute Gasteiger partial charge is 0.201 e. The summed E-state index contributed by atoms with van der Waals surface area (Å²) in [5.74, 6) is -0.780. The van der Waals surface area contributed by atoms with Gasteiger partial charge in [-0.1, -0.05) is 140 Å². The van der Waals surface area contributed by atoms with Gasteiger partial charge in [0.1, 0.15) is 28.2 Å². The van der Waals surface area contributed by atoms with Gasteiger partial charge in [0, 0.05) is 98.9 Å². The first-order valence-corrected chi connectivity index (χ1v) is 27.8. The number of aryl methyl sites for hydroxylation is 16. The standard InChI is InChI=1S/2C20H28N.C19H26N.C18H24N/c1-14-8-9-18(16(3)10-14)19-11-15(2)17(13-21(19)7)12-20(4,5)6;1-14-8-9-18(15(2)10-14)19-11-17(12-20(4,5)6)16(3)13-21(19)7;1-13(2)9-17-12-20(6)19(11-15(17)4)18-8-7-14(3)10-16(18)5;1-12(2)17-11-19(6)18(10-15(17)5)16-8-7-13(3)9-14(16)4/h2*8-11,13H,12H2,1-7H3;7-8,10-13H,9H2,1-6H3;7-12H,1-6H3/q4*+1/i1D3,12D2;1D3,3D3,12D2;3D3,9D2;3D3,12D. The maximum atomic E-state index is 8.67. The van der Waals surface area contributed by atoms with Gasteiger partial charge in [-0.25, -0.2) is 18.3 Å². The van der Waals surface area contributed by atoms with Gasteiger partial charge < -0.3 is 0 Å². The minimum absolute atomic E-state index is 0.0274. The molecule has 0 N–H and O–H groups in total. The van der Waals surface area contributed by atoms with E-state index in [1.54, 1.807) is 93.9 Å². The van der Waals surface area contributed by atoms with Crippen LogP contribution in [-0.2, 0) is 47.3 Å². The first-order chi connectivity index (χ1) is 46.3. The van der Waals surface area contributed by atoms with Crippen molar-refractivity contribution in [2.75, 3.05) is 0 Å². The molecule has 4 heterocycles. The molecule has 81 heavy (non-hydrogen) atoms. The Kier molecular flexibility index (Phi) is 13.5. The lowest BCUT2D eigenvalue weighted by Gasteiger charge is -2.19. The quantitative estimate of drug-likeness (QED) is 0.128. The molecule has 430 valence electrons. The Hall–Kier alpha value is -6.52. The van der Waals surface area contributed by atoms with Gasteiger partial charge in [-0.3, -0.25) is 0 Å². The highest BCUT2D eigenvalue weighted by molar-refractivity contribution is 5.65. The van der Waals surface area contributed by atoms with Crippen LogP contribution in [0.2, 0.25) is 0 Å². The summed E-state index contributed by atoms with van der Waals surface area (Å²) in [6.07, 6.45) is 2.39. The van der Waals surface area contributed by atoms with Gasteiger partial charge in [0.15, 0.2) is 24.8 Å². The van der Waals surface area contributed by atoms with Crippen molar-refractivity contribution in [3.63, 3.8) is 0 Å². The molecule has 4 aromatic carbocycles. The molecule has 4 nitrogen and oxygen atoms in total. The number of pyridine rings is 4. The molecule has 0 aliphatic heterocycles. The Morgan fingerprint density at radius 3 is 1.06 bits per heavy atom. The average Bonchev–Trinajstić information content (AvgIpc) is 0.757. The predicted molar refractivity (Wildman–Crippen MR) is 348 cm³/mol. The lowest BCUT2D eigenvalue weighted by Crippen LogP contribution is -2.32. The minimum Gasteiger partial charge on any atom is -0.201 e. The predicted octanol–water partition coefficient (Wildman–Crippen LogP) is 17.9. The van der Waals surface area contributed by atoms with Gasteiger partial charge in [0.2, 0.25) is 22.8 Å². The molecule has 4 heteroatoms. The van der Waals surface area contributed by atoms with Crippen molar-refractivity contribution >= 4 is 0 Å². The number of hydrogen-bond donors (Lipinski definition) is 0. The average molecular weight is 1110 g/mol. The van der Waals surface area contributed by atoms with Crippen LogP contribution in [-0.4, -0.2) is 0 Å². The number of aromatic nitrogens is 4. The maximum absolute atomic E-state index is 8.67. The van der Waals surface area contributed by atoms with Crippen molar-refractivity contribution < 1.29 is 48.4 Å². The molecule has 0 bridgehead atoms. The molecular formula is C77H106N4+4. The summed E-state index contributed by atoms with van der Waals surface area (Å²) in [4.78, 5) is 0. The number of nitrogens with zero attached hydrogens (tertiary/aromatic N) is 4. The van der Waals surface area contributed by atoms with Crippen LogP contribution in [0.5, 0.6) is 0 Å². The SMILES string of the molecule is [2H]C([2H])([2H])c1ccc(-c2cc(C([2H])([2H])C(C)(C)C)c(C([2H])([2H])[2H])c[n+]2C)c(C)c1.[2H]C([2H])([2H])c1ccc(-c2cc(C)c(C([2H])(C)C)c[n+]2C)c(C)c1.[2H]C([2H])([2H])c1ccc(-c2cc(C)c(C([2H])([2H])C(C)(C)C)c[n+]2C)c(C)c1.[2H]C([2H])([2H])c1ccc(-c2cc(C)c(C([2H])([2H])C(C)C)c[n+]2C)c(C)c1. The van der Waals surface area contributed by atoms with Gasteiger partial charge >= 0.3 is 0 Å². The van der Waals surface area contributed by atoms with Crippen LogP contribution in [0.3, 0.4) is 0 Å². The second-order valence-electron chi connectivity index (χ2n) is 24.4. The second kappa shape index (κ2) is 27.5. The molecule has 0 aliphatic rings. The fourth-order valence-corrected chi connectivity index (χ4v) is 9.80. The van der Waals surface area contributed by atoms with Gasteiger partial charge in [-0.05, 0) is 193 Å². The Morgan fingerprint density at radius 1 is 0.383 bits per heavy atom. The molecule has 4 aromatic heterocycles. The van der Waals surface area contributed by atoms with E-state index in [1.165, 1.54) is 12.3 Å². The van der Waals surface area contributed by atoms with E-state index in [-0.39, 0.29) is 22.6 Å². The Morgan fingerprint density at radius 2 is 0.716 bits per heavy atom. The first kappa shape index (κ1) is 39.8. The zero-order valence-corrected chi connectivity index (χ0v) is 52.4. The zero-order valence-electron chi connectivity index (χ0n) is 74.4. The van der Waals surface area contributed by atoms with Crippen LogP contribution in [0.1, 0.15) is 194 Å². The summed E-state index contributed by atoms with van der Waals surface area (Å²) in [7, 11) is 7.46. The fraction of sp³-hybridized carbons (Fsp3) is 0.429. The zero-order chi connectivity index (χ0) is 79.4. The van der Waals surface area contributed by atoms with E-state index in [1.807, 2.05) is 174 Å². The highest BCUT2D eigenvalue weighted by atomic mass is 14.9. The molecule has 0 spiro atoms. The van der Waals surface area contributed by atoms with Gasteiger partial charge in [0.25, 0.3) is 0 Å². The molecular weight excluding hydrogens is 981 g/mol. The fourth-order valence-electron chi connectivity index (χ4n) is 9.80. The molecule has 8 aromatic rings. The van der Waals surface area contributed by atoms with Crippen molar-refractivity contribution in [2.45, 2.75) is 177 Å². The van der Waals surface area contributed by atoms with Crippen LogP contribution >= 0.6 is 0 Å². The van der Waals surface area contributed by atoms with E-state index >= 15 is 0 Å². The van der Waals surface area contributed by atoms with Crippen molar-refractivity contribution in [1.29, 1.82) is 0 Å². The first-order valence-electron chi connectivity index (χ1n) is 38.8. The minimum atomic E-state index is -2.47.